The van der Waals surface area contributed by atoms with Gasteiger partial charge in [-0.1, -0.05) is 0 Å². The third-order valence-electron chi connectivity index (χ3n) is 1.17. The van der Waals surface area contributed by atoms with Crippen LogP contribution >= 0.6 is 0 Å². The number of carbonyl (C=O) groups is 1. The fraction of sp³-hybridized carbons (Fsp3) is 0.429. The molecule has 0 aliphatic heterocycles. The van der Waals surface area contributed by atoms with Crippen LogP contribution in [0.25, 0.3) is 0 Å². The van der Waals surface area contributed by atoms with Gasteiger partial charge in [0.25, 0.3) is 0 Å². The molecule has 0 aliphatic carbocycles. The summed E-state index contributed by atoms with van der Waals surface area (Å²) in [4.78, 5) is 13.0. The first-order valence-electron chi connectivity index (χ1n) is 3.56. The molecule has 0 fully saturated rings. The van der Waals surface area contributed by atoms with Gasteiger partial charge in [-0.3, -0.25) is 0 Å². The van der Waals surface area contributed by atoms with Crippen molar-refractivity contribution in [3.8, 4) is 0 Å². The summed E-state index contributed by atoms with van der Waals surface area (Å²) < 4.78 is 31.7. The average molecular weight is 209 g/mol. The topological polar surface area (TPSA) is 75.5 Å². The Balaban J connectivity index is 4.51. The van der Waals surface area contributed by atoms with Gasteiger partial charge in [0.15, 0.2) is 0 Å². The molecule has 0 aromatic rings. The summed E-state index contributed by atoms with van der Waals surface area (Å²) in [5.74, 6) is -1.14. The zero-order valence-electron chi connectivity index (χ0n) is 7.71. The summed E-state index contributed by atoms with van der Waals surface area (Å²) in [5, 5.41) is 0. The van der Waals surface area contributed by atoms with Crippen LogP contribution in [0.4, 0.5) is 8.78 Å². The number of alkyl halides is 2. The van der Waals surface area contributed by atoms with E-state index in [0.717, 1.165) is 13.2 Å². The highest BCUT2D eigenvalue weighted by Gasteiger charge is 2.14. The molecule has 7 heteroatoms. The van der Waals surface area contributed by atoms with Crippen molar-refractivity contribution in [2.45, 2.75) is 6.61 Å². The molecule has 0 rings (SSSR count). The minimum atomic E-state index is -2.99. The molecule has 0 spiro atoms. The Morgan fingerprint density at radius 1 is 1.57 bits per heavy atom. The molecule has 0 aromatic carbocycles. The van der Waals surface area contributed by atoms with E-state index in [1.165, 1.54) is 7.05 Å². The first-order valence-corrected chi connectivity index (χ1v) is 3.56. The highest BCUT2D eigenvalue weighted by atomic mass is 19.3. The van der Waals surface area contributed by atoms with Gasteiger partial charge in [0.05, 0.1) is 13.2 Å². The van der Waals surface area contributed by atoms with Crippen LogP contribution in [-0.4, -0.2) is 32.6 Å². The maximum Gasteiger partial charge on any atom is 0.391 e. The molecule has 14 heavy (non-hydrogen) atoms. The third kappa shape index (κ3) is 4.39. The highest BCUT2D eigenvalue weighted by Crippen LogP contribution is 1.96. The standard InChI is InChI=1S/C7H10F2N2O3/c1-11-5(14-7(8)9)3-4(10)6(12)13-2/h3,7H,10H2,1-2H3/p+1. The number of hydrogen-bond donors (Lipinski definition) is 2. The number of halogens is 2. The van der Waals surface area contributed by atoms with Crippen LogP contribution in [0.2, 0.25) is 0 Å². The van der Waals surface area contributed by atoms with E-state index in [2.05, 4.69) is 14.5 Å². The van der Waals surface area contributed by atoms with Crippen molar-refractivity contribution in [3.05, 3.63) is 11.8 Å². The predicted octanol–water partition coefficient (Wildman–Crippen LogP) is -1.65. The smallest absolute Gasteiger partial charge is 0.391 e. The van der Waals surface area contributed by atoms with Gasteiger partial charge >= 0.3 is 18.5 Å². The SMILES string of the molecule is C[NH+]=C(C=C(N)C(=O)OC)OC(F)F. The van der Waals surface area contributed by atoms with Crippen molar-refractivity contribution in [1.82, 2.24) is 0 Å². The molecule has 0 amide bonds. The number of ether oxygens (including phenoxy) is 2. The van der Waals surface area contributed by atoms with E-state index in [9.17, 15) is 13.6 Å². The second kappa shape index (κ2) is 5.90. The summed E-state index contributed by atoms with van der Waals surface area (Å²) in [6.07, 6.45) is 0.915. The first-order chi connectivity index (χ1) is 6.51. The Labute approximate surface area is 79.2 Å². The molecule has 0 aliphatic rings. The molecule has 0 bridgehead atoms. The Morgan fingerprint density at radius 3 is 2.50 bits per heavy atom. The monoisotopic (exact) mass is 209 g/mol. The van der Waals surface area contributed by atoms with Crippen LogP contribution in [0.5, 0.6) is 0 Å². The lowest BCUT2D eigenvalue weighted by Crippen LogP contribution is -2.68. The molecule has 0 radical (unpaired) electrons. The van der Waals surface area contributed by atoms with Gasteiger partial charge in [-0.25, -0.2) is 9.79 Å². The summed E-state index contributed by atoms with van der Waals surface area (Å²) >= 11 is 0. The van der Waals surface area contributed by atoms with Crippen molar-refractivity contribution < 1.29 is 28.0 Å². The number of nitrogens with one attached hydrogen (secondary N) is 1. The number of methoxy groups -OCH3 is 1. The predicted molar refractivity (Wildman–Crippen MR) is 43.3 cm³/mol. The van der Waals surface area contributed by atoms with Crippen molar-refractivity contribution in [1.29, 1.82) is 0 Å². The molecule has 0 atom stereocenters. The average Bonchev–Trinajstić information content (AvgIpc) is 2.14. The van der Waals surface area contributed by atoms with Gasteiger partial charge in [-0.05, 0) is 0 Å². The minimum absolute atomic E-state index is 0.317. The summed E-state index contributed by atoms with van der Waals surface area (Å²) in [5.41, 5.74) is 4.85. The zero-order chi connectivity index (χ0) is 11.1. The number of hydrogen-bond acceptors (Lipinski definition) is 4. The number of nitrogens with two attached hydrogens (primary N) is 1. The fourth-order valence-corrected chi connectivity index (χ4v) is 0.579. The van der Waals surface area contributed by atoms with Gasteiger partial charge in [-0.15, -0.1) is 0 Å². The lowest BCUT2D eigenvalue weighted by Gasteiger charge is -2.00. The van der Waals surface area contributed by atoms with Crippen molar-refractivity contribution in [2.75, 3.05) is 14.2 Å². The Morgan fingerprint density at radius 2 is 2.14 bits per heavy atom. The van der Waals surface area contributed by atoms with E-state index < -0.39 is 12.6 Å². The van der Waals surface area contributed by atoms with Crippen LogP contribution in [0.1, 0.15) is 0 Å². The van der Waals surface area contributed by atoms with Gasteiger partial charge in [0.2, 0.25) is 0 Å². The van der Waals surface area contributed by atoms with E-state index in [0.29, 0.717) is 0 Å². The van der Waals surface area contributed by atoms with E-state index in [1.807, 2.05) is 0 Å². The van der Waals surface area contributed by atoms with E-state index >= 15 is 0 Å². The van der Waals surface area contributed by atoms with E-state index in [-0.39, 0.29) is 11.6 Å². The van der Waals surface area contributed by atoms with Gasteiger partial charge < -0.3 is 15.2 Å². The Bertz CT molecular complexity index is 264. The van der Waals surface area contributed by atoms with E-state index in [1.54, 1.807) is 0 Å². The molecule has 0 heterocycles. The second-order valence-electron chi connectivity index (χ2n) is 2.08. The highest BCUT2D eigenvalue weighted by molar-refractivity contribution is 5.95. The zero-order valence-corrected chi connectivity index (χ0v) is 7.71. The van der Waals surface area contributed by atoms with Gasteiger partial charge in [0.1, 0.15) is 12.7 Å². The summed E-state index contributed by atoms with van der Waals surface area (Å²) in [6.45, 7) is -2.99. The van der Waals surface area contributed by atoms with Crippen LogP contribution in [0, 0.1) is 0 Å². The van der Waals surface area contributed by atoms with Gasteiger partial charge in [0, 0.05) is 0 Å². The second-order valence-corrected chi connectivity index (χ2v) is 2.08. The Hall–Kier alpha value is -1.66. The lowest BCUT2D eigenvalue weighted by molar-refractivity contribution is -0.434. The number of rotatable bonds is 3. The minimum Gasteiger partial charge on any atom is -0.464 e. The fourth-order valence-electron chi connectivity index (χ4n) is 0.579. The molecule has 80 valence electrons. The van der Waals surface area contributed by atoms with Crippen LogP contribution in [0.15, 0.2) is 11.8 Å². The summed E-state index contributed by atoms with van der Waals surface area (Å²) in [6, 6.07) is 0. The summed E-state index contributed by atoms with van der Waals surface area (Å²) in [7, 11) is 2.47. The molecular formula is C7H11F2N2O3+. The van der Waals surface area contributed by atoms with Crippen molar-refractivity contribution >= 4 is 11.9 Å². The van der Waals surface area contributed by atoms with Crippen LogP contribution < -0.4 is 10.7 Å². The van der Waals surface area contributed by atoms with Crippen molar-refractivity contribution in [3.63, 3.8) is 0 Å². The molecule has 0 saturated heterocycles. The lowest BCUT2D eigenvalue weighted by atomic mass is 10.4. The van der Waals surface area contributed by atoms with Gasteiger partial charge in [-0.2, -0.15) is 8.78 Å². The molecule has 5 nitrogen and oxygen atoms in total. The molecular weight excluding hydrogens is 198 g/mol. The molecule has 0 saturated carbocycles. The molecule has 0 unspecified atom stereocenters. The van der Waals surface area contributed by atoms with Crippen molar-refractivity contribution in [2.24, 2.45) is 5.73 Å². The quantitative estimate of drug-likeness (QED) is 0.253. The van der Waals surface area contributed by atoms with E-state index in [4.69, 9.17) is 5.73 Å². The maximum absolute atomic E-state index is 11.7. The number of carbonyl (C=O) groups excluding carboxylic acids is 1. The molecule has 3 N–H and O–H groups in total. The largest absolute Gasteiger partial charge is 0.464 e. The number of esters is 1. The first kappa shape index (κ1) is 12.3. The normalized spacial score (nSPS) is 12.9. The van der Waals surface area contributed by atoms with Crippen LogP contribution in [-0.2, 0) is 14.3 Å². The Kier molecular flexibility index (Phi) is 5.20. The third-order valence-corrected chi connectivity index (χ3v) is 1.17. The molecule has 0 aromatic heterocycles. The van der Waals surface area contributed by atoms with Crippen LogP contribution in [0.3, 0.4) is 0 Å². The maximum atomic E-state index is 11.7.